The lowest BCUT2D eigenvalue weighted by Gasteiger charge is -2.10. The van der Waals surface area contributed by atoms with Gasteiger partial charge in [0, 0.05) is 13.1 Å². The van der Waals surface area contributed by atoms with E-state index in [9.17, 15) is 13.5 Å². The van der Waals surface area contributed by atoms with Crippen LogP contribution in [0.25, 0.3) is 0 Å². The molecule has 0 fully saturated rings. The summed E-state index contributed by atoms with van der Waals surface area (Å²) in [7, 11) is 0.290. The van der Waals surface area contributed by atoms with Crippen LogP contribution in [0.2, 0.25) is 0 Å². The standard InChI is InChI=1S/C12H20N2O4S/c1-14(2)7-9-18-8-6-13-19(16,17)12-5-3-4-11(15)10-12/h3-5,10,13,15H,6-9H2,1-2H3. The summed E-state index contributed by atoms with van der Waals surface area (Å²) in [6.07, 6.45) is 0. The van der Waals surface area contributed by atoms with Gasteiger partial charge in [-0.25, -0.2) is 13.1 Å². The molecule has 7 heteroatoms. The maximum absolute atomic E-state index is 11.8. The Morgan fingerprint density at radius 2 is 2.05 bits per heavy atom. The third kappa shape index (κ3) is 6.02. The topological polar surface area (TPSA) is 78.9 Å². The van der Waals surface area contributed by atoms with Gasteiger partial charge in [-0.15, -0.1) is 0 Å². The fourth-order valence-electron chi connectivity index (χ4n) is 1.33. The summed E-state index contributed by atoms with van der Waals surface area (Å²) in [6, 6.07) is 5.53. The van der Waals surface area contributed by atoms with Crippen LogP contribution >= 0.6 is 0 Å². The first-order valence-corrected chi connectivity index (χ1v) is 7.41. The number of likely N-dealkylation sites (N-methyl/N-ethyl adjacent to an activating group) is 1. The summed E-state index contributed by atoms with van der Waals surface area (Å²) in [5.74, 6) is -0.0786. The first-order valence-electron chi connectivity index (χ1n) is 5.93. The quantitative estimate of drug-likeness (QED) is 0.670. The van der Waals surface area contributed by atoms with Crippen molar-refractivity contribution in [2.24, 2.45) is 0 Å². The molecule has 0 amide bonds. The third-order valence-electron chi connectivity index (χ3n) is 2.35. The number of hydrogen-bond donors (Lipinski definition) is 2. The van der Waals surface area contributed by atoms with E-state index in [2.05, 4.69) is 4.72 Å². The fraction of sp³-hybridized carbons (Fsp3) is 0.500. The fourth-order valence-corrected chi connectivity index (χ4v) is 2.38. The van der Waals surface area contributed by atoms with Gasteiger partial charge in [-0.05, 0) is 32.3 Å². The molecule has 0 saturated heterocycles. The average molecular weight is 288 g/mol. The van der Waals surface area contributed by atoms with Crippen molar-refractivity contribution >= 4 is 10.0 Å². The van der Waals surface area contributed by atoms with Crippen molar-refractivity contribution in [3.05, 3.63) is 24.3 Å². The van der Waals surface area contributed by atoms with Gasteiger partial charge in [0.05, 0.1) is 18.1 Å². The van der Waals surface area contributed by atoms with E-state index in [-0.39, 0.29) is 17.2 Å². The van der Waals surface area contributed by atoms with E-state index in [1.165, 1.54) is 24.3 Å². The van der Waals surface area contributed by atoms with Crippen molar-refractivity contribution in [2.45, 2.75) is 4.90 Å². The van der Waals surface area contributed by atoms with Crippen molar-refractivity contribution in [2.75, 3.05) is 40.4 Å². The summed E-state index contributed by atoms with van der Waals surface area (Å²) in [5, 5.41) is 9.25. The molecule has 6 nitrogen and oxygen atoms in total. The number of nitrogens with zero attached hydrogens (tertiary/aromatic N) is 1. The van der Waals surface area contributed by atoms with Gasteiger partial charge in [0.1, 0.15) is 5.75 Å². The normalized spacial score (nSPS) is 11.9. The molecule has 0 aliphatic carbocycles. The number of rotatable bonds is 8. The molecule has 0 atom stereocenters. The van der Waals surface area contributed by atoms with E-state index >= 15 is 0 Å². The summed E-state index contributed by atoms with van der Waals surface area (Å²) in [6.45, 7) is 1.86. The Balaban J connectivity index is 2.36. The highest BCUT2D eigenvalue weighted by Crippen LogP contribution is 2.15. The number of aromatic hydroxyl groups is 1. The van der Waals surface area contributed by atoms with Gasteiger partial charge in [-0.1, -0.05) is 6.07 Å². The van der Waals surface area contributed by atoms with Crippen LogP contribution in [-0.4, -0.2) is 58.8 Å². The molecular formula is C12H20N2O4S. The van der Waals surface area contributed by atoms with Crippen LogP contribution in [0.4, 0.5) is 0 Å². The number of sulfonamides is 1. The van der Waals surface area contributed by atoms with Gasteiger partial charge >= 0.3 is 0 Å². The van der Waals surface area contributed by atoms with Crippen LogP contribution in [0, 0.1) is 0 Å². The predicted octanol–water partition coefficient (Wildman–Crippen LogP) is 0.249. The van der Waals surface area contributed by atoms with Crippen LogP contribution < -0.4 is 4.72 Å². The van der Waals surface area contributed by atoms with E-state index in [1.54, 1.807) is 0 Å². The number of phenolic OH excluding ortho intramolecular Hbond substituents is 1. The van der Waals surface area contributed by atoms with Crippen LogP contribution in [0.5, 0.6) is 5.75 Å². The number of hydrogen-bond acceptors (Lipinski definition) is 5. The smallest absolute Gasteiger partial charge is 0.240 e. The molecule has 0 aliphatic rings. The van der Waals surface area contributed by atoms with Gasteiger partial charge in [0.2, 0.25) is 10.0 Å². The second-order valence-electron chi connectivity index (χ2n) is 4.31. The molecule has 0 aromatic heterocycles. The average Bonchev–Trinajstić information content (AvgIpc) is 2.33. The lowest BCUT2D eigenvalue weighted by atomic mass is 10.3. The molecule has 19 heavy (non-hydrogen) atoms. The Morgan fingerprint density at radius 1 is 1.32 bits per heavy atom. The lowest BCUT2D eigenvalue weighted by Crippen LogP contribution is -2.28. The molecule has 0 bridgehead atoms. The Morgan fingerprint density at radius 3 is 2.68 bits per heavy atom. The Kier molecular flexibility index (Phi) is 6.23. The second-order valence-corrected chi connectivity index (χ2v) is 6.08. The van der Waals surface area contributed by atoms with Gasteiger partial charge < -0.3 is 14.7 Å². The minimum atomic E-state index is -3.59. The first kappa shape index (κ1) is 15.9. The Labute approximate surface area is 114 Å². The van der Waals surface area contributed by atoms with Crippen molar-refractivity contribution in [1.82, 2.24) is 9.62 Å². The second kappa shape index (κ2) is 7.44. The third-order valence-corrected chi connectivity index (χ3v) is 3.81. The minimum absolute atomic E-state index is 0.0424. The van der Waals surface area contributed by atoms with E-state index in [0.717, 1.165) is 6.54 Å². The summed E-state index contributed by atoms with van der Waals surface area (Å²) in [4.78, 5) is 2.03. The van der Waals surface area contributed by atoms with Crippen LogP contribution in [0.1, 0.15) is 0 Å². The zero-order valence-corrected chi connectivity index (χ0v) is 12.0. The SMILES string of the molecule is CN(C)CCOCCNS(=O)(=O)c1cccc(O)c1. The molecule has 108 valence electrons. The Bertz CT molecular complexity index is 488. The molecule has 0 spiro atoms. The predicted molar refractivity (Wildman–Crippen MR) is 72.7 cm³/mol. The van der Waals surface area contributed by atoms with Crippen LogP contribution in [-0.2, 0) is 14.8 Å². The molecule has 0 heterocycles. The van der Waals surface area contributed by atoms with Gasteiger partial charge in [-0.3, -0.25) is 0 Å². The van der Waals surface area contributed by atoms with Crippen molar-refractivity contribution in [1.29, 1.82) is 0 Å². The zero-order valence-electron chi connectivity index (χ0n) is 11.2. The first-order chi connectivity index (χ1) is 8.92. The minimum Gasteiger partial charge on any atom is -0.508 e. The highest BCUT2D eigenvalue weighted by atomic mass is 32.2. The molecule has 1 aromatic carbocycles. The zero-order chi connectivity index (χ0) is 14.3. The molecule has 0 aliphatic heterocycles. The Hall–Kier alpha value is -1.15. The largest absolute Gasteiger partial charge is 0.508 e. The number of ether oxygens (including phenoxy) is 1. The molecular weight excluding hydrogens is 268 g/mol. The van der Waals surface area contributed by atoms with E-state index < -0.39 is 10.0 Å². The molecule has 0 saturated carbocycles. The van der Waals surface area contributed by atoms with Crippen molar-refractivity contribution in [3.8, 4) is 5.75 Å². The molecule has 0 radical (unpaired) electrons. The van der Waals surface area contributed by atoms with Crippen LogP contribution in [0.15, 0.2) is 29.2 Å². The van der Waals surface area contributed by atoms with Crippen molar-refractivity contribution in [3.63, 3.8) is 0 Å². The number of benzene rings is 1. The summed E-state index contributed by atoms with van der Waals surface area (Å²) >= 11 is 0. The number of nitrogens with one attached hydrogen (secondary N) is 1. The van der Waals surface area contributed by atoms with Gasteiger partial charge in [0.15, 0.2) is 0 Å². The molecule has 2 N–H and O–H groups in total. The van der Waals surface area contributed by atoms with E-state index in [1.807, 2.05) is 19.0 Å². The maximum Gasteiger partial charge on any atom is 0.240 e. The summed E-state index contributed by atoms with van der Waals surface area (Å²) in [5.41, 5.74) is 0. The highest BCUT2D eigenvalue weighted by Gasteiger charge is 2.13. The number of phenols is 1. The van der Waals surface area contributed by atoms with E-state index in [0.29, 0.717) is 13.2 Å². The van der Waals surface area contributed by atoms with Crippen molar-refractivity contribution < 1.29 is 18.3 Å². The summed E-state index contributed by atoms with van der Waals surface area (Å²) < 4.78 is 31.4. The molecule has 1 aromatic rings. The monoisotopic (exact) mass is 288 g/mol. The highest BCUT2D eigenvalue weighted by molar-refractivity contribution is 7.89. The maximum atomic E-state index is 11.8. The van der Waals surface area contributed by atoms with Gasteiger partial charge in [-0.2, -0.15) is 0 Å². The molecule has 0 unspecified atom stereocenters. The molecule has 1 rings (SSSR count). The lowest BCUT2D eigenvalue weighted by molar-refractivity contribution is 0.122. The van der Waals surface area contributed by atoms with Gasteiger partial charge in [0.25, 0.3) is 0 Å². The van der Waals surface area contributed by atoms with Crippen LogP contribution in [0.3, 0.4) is 0 Å². The van der Waals surface area contributed by atoms with E-state index in [4.69, 9.17) is 4.74 Å².